The number of hydrogen-bond acceptors (Lipinski definition) is 3. The molecule has 0 bridgehead atoms. The van der Waals surface area contributed by atoms with Crippen LogP contribution in [0.3, 0.4) is 0 Å². The molecule has 1 amide bonds. The van der Waals surface area contributed by atoms with Crippen molar-refractivity contribution in [2.45, 2.75) is 6.61 Å². The van der Waals surface area contributed by atoms with Crippen LogP contribution in [0.1, 0.15) is 21.5 Å². The van der Waals surface area contributed by atoms with Crippen molar-refractivity contribution in [2.24, 2.45) is 5.10 Å². The van der Waals surface area contributed by atoms with Gasteiger partial charge in [-0.1, -0.05) is 40.9 Å². The summed E-state index contributed by atoms with van der Waals surface area (Å²) in [6.45, 7) is 0.267. The normalized spacial score (nSPS) is 10.8. The lowest BCUT2D eigenvalue weighted by molar-refractivity contribution is 0.0955. The van der Waals surface area contributed by atoms with Gasteiger partial charge in [-0.05, 0) is 66.2 Å². The van der Waals surface area contributed by atoms with Gasteiger partial charge in [-0.3, -0.25) is 4.79 Å². The Morgan fingerprint density at radius 2 is 1.57 bits per heavy atom. The van der Waals surface area contributed by atoms with Gasteiger partial charge in [0, 0.05) is 26.2 Å². The largest absolute Gasteiger partial charge is 0.489 e. The van der Waals surface area contributed by atoms with Crippen LogP contribution in [-0.2, 0) is 6.61 Å². The van der Waals surface area contributed by atoms with E-state index in [1.165, 1.54) is 0 Å². The summed E-state index contributed by atoms with van der Waals surface area (Å²) in [5, 5.41) is 5.65. The fraction of sp³-hybridized carbons (Fsp3) is 0.0476. The van der Waals surface area contributed by atoms with Crippen molar-refractivity contribution in [3.05, 3.63) is 98.5 Å². The van der Waals surface area contributed by atoms with Gasteiger partial charge in [0.25, 0.3) is 5.91 Å². The zero-order valence-electron chi connectivity index (χ0n) is 14.5. The highest BCUT2D eigenvalue weighted by Gasteiger charge is 2.06. The summed E-state index contributed by atoms with van der Waals surface area (Å²) in [5.41, 5.74) is 4.49. The molecule has 0 unspecified atom stereocenters. The Kier molecular flexibility index (Phi) is 6.93. The molecule has 0 atom stereocenters. The number of rotatable bonds is 6. The molecule has 3 aromatic rings. The van der Waals surface area contributed by atoms with Crippen LogP contribution in [-0.4, -0.2) is 12.1 Å². The third-order valence-electron chi connectivity index (χ3n) is 3.81. The zero-order valence-corrected chi connectivity index (χ0v) is 16.8. The van der Waals surface area contributed by atoms with E-state index in [0.29, 0.717) is 26.4 Å². The molecule has 0 spiro atoms. The highest BCUT2D eigenvalue weighted by atomic mass is 35.5. The molecular weight excluding hydrogens is 419 g/mol. The second kappa shape index (κ2) is 9.60. The van der Waals surface area contributed by atoms with Crippen molar-refractivity contribution in [3.8, 4) is 5.75 Å². The van der Waals surface area contributed by atoms with Gasteiger partial charge in [-0.25, -0.2) is 5.43 Å². The molecule has 0 fully saturated rings. The van der Waals surface area contributed by atoms with Crippen LogP contribution >= 0.6 is 34.8 Å². The van der Waals surface area contributed by atoms with Crippen molar-refractivity contribution in [1.82, 2.24) is 5.43 Å². The summed E-state index contributed by atoms with van der Waals surface area (Å²) in [5.74, 6) is 0.350. The van der Waals surface area contributed by atoms with Crippen LogP contribution in [0.15, 0.2) is 71.8 Å². The van der Waals surface area contributed by atoms with Crippen LogP contribution < -0.4 is 10.2 Å². The first kappa shape index (κ1) is 20.2. The molecule has 0 aliphatic carbocycles. The maximum atomic E-state index is 12.0. The van der Waals surface area contributed by atoms with E-state index in [0.717, 1.165) is 11.1 Å². The van der Waals surface area contributed by atoms with E-state index in [2.05, 4.69) is 10.5 Å². The van der Waals surface area contributed by atoms with E-state index in [-0.39, 0.29) is 12.5 Å². The quantitative estimate of drug-likeness (QED) is 0.383. The van der Waals surface area contributed by atoms with Gasteiger partial charge in [0.15, 0.2) is 0 Å². The number of hydrazone groups is 1. The first-order valence-electron chi connectivity index (χ1n) is 8.27. The first-order chi connectivity index (χ1) is 13.5. The van der Waals surface area contributed by atoms with Crippen LogP contribution in [0.5, 0.6) is 5.75 Å². The van der Waals surface area contributed by atoms with Crippen molar-refractivity contribution in [1.29, 1.82) is 0 Å². The van der Waals surface area contributed by atoms with Crippen LogP contribution in [0.2, 0.25) is 15.1 Å². The van der Waals surface area contributed by atoms with E-state index in [1.807, 2.05) is 12.1 Å². The van der Waals surface area contributed by atoms with Gasteiger partial charge in [-0.15, -0.1) is 0 Å². The summed E-state index contributed by atoms with van der Waals surface area (Å²) < 4.78 is 5.72. The van der Waals surface area contributed by atoms with Crippen molar-refractivity contribution < 1.29 is 9.53 Å². The number of halogens is 3. The number of carbonyl (C=O) groups is 1. The Hall–Kier alpha value is -2.53. The van der Waals surface area contributed by atoms with Crippen molar-refractivity contribution >= 4 is 46.9 Å². The molecule has 3 aromatic carbocycles. The Bertz CT molecular complexity index is 967. The third-order valence-corrected chi connectivity index (χ3v) is 4.77. The first-order valence-corrected chi connectivity index (χ1v) is 9.41. The fourth-order valence-corrected chi connectivity index (χ4v) is 2.94. The molecule has 0 aliphatic heterocycles. The van der Waals surface area contributed by atoms with Crippen LogP contribution in [0.4, 0.5) is 0 Å². The smallest absolute Gasteiger partial charge is 0.271 e. The number of hydrogen-bond donors (Lipinski definition) is 1. The van der Waals surface area contributed by atoms with E-state index >= 15 is 0 Å². The topological polar surface area (TPSA) is 50.7 Å². The monoisotopic (exact) mass is 432 g/mol. The van der Waals surface area contributed by atoms with Crippen molar-refractivity contribution in [2.75, 3.05) is 0 Å². The summed E-state index contributed by atoms with van der Waals surface area (Å²) in [7, 11) is 0. The number of benzene rings is 3. The van der Waals surface area contributed by atoms with Crippen LogP contribution in [0, 0.1) is 0 Å². The summed E-state index contributed by atoms with van der Waals surface area (Å²) >= 11 is 18.1. The molecule has 0 saturated heterocycles. The predicted octanol–water partition coefficient (Wildman–Crippen LogP) is 5.99. The lowest BCUT2D eigenvalue weighted by atomic mass is 10.2. The Morgan fingerprint density at radius 1 is 0.929 bits per heavy atom. The minimum Gasteiger partial charge on any atom is -0.489 e. The number of nitrogens with one attached hydrogen (secondary N) is 1. The average Bonchev–Trinajstić information content (AvgIpc) is 2.69. The molecule has 0 radical (unpaired) electrons. The van der Waals surface area contributed by atoms with E-state index in [9.17, 15) is 4.79 Å². The fourth-order valence-electron chi connectivity index (χ4n) is 2.31. The Balaban J connectivity index is 1.54. The molecule has 4 nitrogen and oxygen atoms in total. The molecule has 0 saturated carbocycles. The van der Waals surface area contributed by atoms with Crippen molar-refractivity contribution in [3.63, 3.8) is 0 Å². The second-order valence-electron chi connectivity index (χ2n) is 5.76. The van der Waals surface area contributed by atoms with Gasteiger partial charge >= 0.3 is 0 Å². The summed E-state index contributed by atoms with van der Waals surface area (Å²) in [4.78, 5) is 12.0. The maximum Gasteiger partial charge on any atom is 0.271 e. The lowest BCUT2D eigenvalue weighted by Gasteiger charge is -2.09. The summed E-state index contributed by atoms with van der Waals surface area (Å²) in [6, 6.07) is 19.1. The Morgan fingerprint density at radius 3 is 2.21 bits per heavy atom. The van der Waals surface area contributed by atoms with Gasteiger partial charge in [0.05, 0.1) is 6.21 Å². The highest BCUT2D eigenvalue weighted by Crippen LogP contribution is 2.25. The van der Waals surface area contributed by atoms with Crippen LogP contribution in [0.25, 0.3) is 0 Å². The van der Waals surface area contributed by atoms with Gasteiger partial charge in [-0.2, -0.15) is 5.10 Å². The number of nitrogens with zero attached hydrogens (tertiary/aromatic N) is 1. The minimum absolute atomic E-state index is 0.267. The van der Waals surface area contributed by atoms with Gasteiger partial charge in [0.2, 0.25) is 0 Å². The van der Waals surface area contributed by atoms with Gasteiger partial charge in [0.1, 0.15) is 12.4 Å². The molecule has 0 aliphatic rings. The maximum absolute atomic E-state index is 12.0. The summed E-state index contributed by atoms with van der Waals surface area (Å²) in [6.07, 6.45) is 1.54. The van der Waals surface area contributed by atoms with E-state index in [4.69, 9.17) is 39.5 Å². The third kappa shape index (κ3) is 5.49. The molecule has 0 heterocycles. The molecular formula is C21H15Cl3N2O2. The minimum atomic E-state index is -0.315. The number of carbonyl (C=O) groups excluding carboxylic acids is 1. The number of amides is 1. The molecule has 3 rings (SSSR count). The van der Waals surface area contributed by atoms with Gasteiger partial charge < -0.3 is 4.74 Å². The molecule has 0 aromatic heterocycles. The van der Waals surface area contributed by atoms with E-state index in [1.54, 1.807) is 60.8 Å². The molecule has 28 heavy (non-hydrogen) atoms. The molecule has 7 heteroatoms. The zero-order chi connectivity index (χ0) is 19.9. The predicted molar refractivity (Wildman–Crippen MR) is 114 cm³/mol. The standard InChI is InChI=1S/C21H15Cl3N2O2/c22-16-8-6-15(7-9-16)21(27)26-25-12-14-4-10-17(11-5-14)28-13-18-19(23)2-1-3-20(18)24/h1-12H,13H2,(H,26,27)/b25-12+. The Labute approximate surface area is 177 Å². The highest BCUT2D eigenvalue weighted by molar-refractivity contribution is 6.36. The second-order valence-corrected chi connectivity index (χ2v) is 7.01. The number of ether oxygens (including phenoxy) is 1. The average molecular weight is 434 g/mol. The lowest BCUT2D eigenvalue weighted by Crippen LogP contribution is -2.17. The SMILES string of the molecule is O=C(N/N=C/c1ccc(OCc2c(Cl)cccc2Cl)cc1)c1ccc(Cl)cc1. The molecule has 142 valence electrons. The van der Waals surface area contributed by atoms with E-state index < -0.39 is 0 Å². The molecule has 1 N–H and O–H groups in total.